The van der Waals surface area contributed by atoms with Gasteiger partial charge in [-0.05, 0) is 49.4 Å². The Hall–Kier alpha value is -3.94. The number of imidazole rings is 1. The number of hydrogen-bond acceptors (Lipinski definition) is 8. The summed E-state index contributed by atoms with van der Waals surface area (Å²) in [4.78, 5) is 27.8. The number of nitriles is 1. The van der Waals surface area contributed by atoms with Crippen LogP contribution < -0.4 is 15.4 Å². The molecule has 1 saturated carbocycles. The van der Waals surface area contributed by atoms with Gasteiger partial charge in [-0.2, -0.15) is 5.26 Å². The standard InChI is InChI=1S/C31H38N8O2/c1-4-41-27-15-26(36-17-24(27)16-32)21(2)39-20-31(5-6-31)28-23(19-37-10-7-34-8-11-37)13-22(14-25(28)29(39)40)18-38-12-9-35-30(38)33-3/h9,12-15,17,21,34H,4-8,10-11,18-20H2,1-3H3,(H,33,35). The van der Waals surface area contributed by atoms with E-state index in [1.54, 1.807) is 12.4 Å². The minimum atomic E-state index is -0.259. The average molecular weight is 555 g/mol. The van der Waals surface area contributed by atoms with Crippen molar-refractivity contribution in [3.05, 3.63) is 70.3 Å². The summed E-state index contributed by atoms with van der Waals surface area (Å²) in [7, 11) is 1.87. The van der Waals surface area contributed by atoms with Crippen LogP contribution in [0.2, 0.25) is 0 Å². The van der Waals surface area contributed by atoms with Gasteiger partial charge in [0.15, 0.2) is 0 Å². The van der Waals surface area contributed by atoms with Crippen molar-refractivity contribution < 1.29 is 9.53 Å². The molecule has 1 saturated heterocycles. The molecular weight excluding hydrogens is 516 g/mol. The molecule has 3 aromatic rings. The number of aromatic nitrogens is 3. The van der Waals surface area contributed by atoms with E-state index in [9.17, 15) is 10.1 Å². The summed E-state index contributed by atoms with van der Waals surface area (Å²) in [5.41, 5.74) is 5.54. The number of hydrogen-bond donors (Lipinski definition) is 2. The minimum absolute atomic E-state index is 0.0279. The highest BCUT2D eigenvalue weighted by Gasteiger charge is 2.53. The summed E-state index contributed by atoms with van der Waals surface area (Å²) in [6.07, 6.45) is 7.45. The van der Waals surface area contributed by atoms with Gasteiger partial charge in [0.05, 0.1) is 24.9 Å². The third kappa shape index (κ3) is 5.16. The van der Waals surface area contributed by atoms with Crippen molar-refractivity contribution in [2.45, 2.75) is 51.2 Å². The smallest absolute Gasteiger partial charge is 0.254 e. The molecule has 1 amide bonds. The van der Waals surface area contributed by atoms with E-state index in [1.165, 1.54) is 11.1 Å². The second-order valence-electron chi connectivity index (χ2n) is 11.4. The fourth-order valence-corrected chi connectivity index (χ4v) is 6.45. The number of carbonyl (C=O) groups excluding carboxylic acids is 1. The van der Waals surface area contributed by atoms with Gasteiger partial charge in [-0.25, -0.2) is 4.98 Å². The first-order valence-corrected chi connectivity index (χ1v) is 14.6. The fourth-order valence-electron chi connectivity index (χ4n) is 6.45. The summed E-state index contributed by atoms with van der Waals surface area (Å²) in [5, 5.41) is 16.1. The Labute approximate surface area is 241 Å². The number of anilines is 1. The summed E-state index contributed by atoms with van der Waals surface area (Å²) in [5.74, 6) is 1.35. The van der Waals surface area contributed by atoms with Gasteiger partial charge >= 0.3 is 0 Å². The van der Waals surface area contributed by atoms with Gasteiger partial charge in [-0.1, -0.05) is 6.07 Å². The second kappa shape index (κ2) is 11.1. The van der Waals surface area contributed by atoms with Crippen LogP contribution in [0.1, 0.15) is 71.0 Å². The summed E-state index contributed by atoms with van der Waals surface area (Å²) >= 11 is 0. The first-order valence-electron chi connectivity index (χ1n) is 14.6. The Morgan fingerprint density at radius 1 is 1.20 bits per heavy atom. The monoisotopic (exact) mass is 554 g/mol. The Balaban J connectivity index is 1.39. The first kappa shape index (κ1) is 27.2. The maximum atomic E-state index is 14.4. The molecule has 1 atom stereocenters. The predicted octanol–water partition coefficient (Wildman–Crippen LogP) is 3.29. The van der Waals surface area contributed by atoms with Crippen molar-refractivity contribution in [3.63, 3.8) is 0 Å². The second-order valence-corrected chi connectivity index (χ2v) is 11.4. The van der Waals surface area contributed by atoms with Crippen LogP contribution in [0.25, 0.3) is 0 Å². The van der Waals surface area contributed by atoms with Gasteiger partial charge in [-0.3, -0.25) is 14.7 Å². The highest BCUT2D eigenvalue weighted by Crippen LogP contribution is 2.55. The van der Waals surface area contributed by atoms with Crippen molar-refractivity contribution in [1.29, 1.82) is 5.26 Å². The largest absolute Gasteiger partial charge is 0.492 e. The van der Waals surface area contributed by atoms with Gasteiger partial charge in [0, 0.05) is 82.0 Å². The number of rotatable bonds is 9. The lowest BCUT2D eigenvalue weighted by Crippen LogP contribution is -2.46. The van der Waals surface area contributed by atoms with Crippen LogP contribution in [-0.4, -0.2) is 76.6 Å². The number of nitrogens with one attached hydrogen (secondary N) is 2. The van der Waals surface area contributed by atoms with Crippen molar-refractivity contribution in [1.82, 2.24) is 29.7 Å². The van der Waals surface area contributed by atoms with Crippen LogP contribution in [-0.2, 0) is 18.5 Å². The molecule has 10 heteroatoms. The molecule has 2 aromatic heterocycles. The lowest BCUT2D eigenvalue weighted by molar-refractivity contribution is 0.0633. The Morgan fingerprint density at radius 3 is 2.71 bits per heavy atom. The third-order valence-corrected chi connectivity index (χ3v) is 8.73. The van der Waals surface area contributed by atoms with Crippen LogP contribution in [0, 0.1) is 11.3 Å². The molecule has 6 rings (SSSR count). The van der Waals surface area contributed by atoms with Crippen LogP contribution >= 0.6 is 0 Å². The Morgan fingerprint density at radius 2 is 2.00 bits per heavy atom. The van der Waals surface area contributed by atoms with E-state index >= 15 is 0 Å². The van der Waals surface area contributed by atoms with Gasteiger partial charge < -0.3 is 24.8 Å². The van der Waals surface area contributed by atoms with Crippen LogP contribution in [0.3, 0.4) is 0 Å². The van der Waals surface area contributed by atoms with Crippen molar-refractivity contribution in [2.75, 3.05) is 51.7 Å². The molecule has 1 aliphatic carbocycles. The lowest BCUT2D eigenvalue weighted by atomic mass is 9.81. The molecular formula is C31H38N8O2. The molecule has 41 heavy (non-hydrogen) atoms. The van der Waals surface area contributed by atoms with Crippen LogP contribution in [0.4, 0.5) is 5.95 Å². The number of fused-ring (bicyclic) bond motifs is 2. The molecule has 1 unspecified atom stereocenters. The molecule has 1 spiro atoms. The van der Waals surface area contributed by atoms with E-state index in [2.05, 4.69) is 48.3 Å². The number of nitrogens with zero attached hydrogens (tertiary/aromatic N) is 6. The Kier molecular flexibility index (Phi) is 7.41. The van der Waals surface area contributed by atoms with Gasteiger partial charge in [0.25, 0.3) is 5.91 Å². The molecule has 4 heterocycles. The maximum Gasteiger partial charge on any atom is 0.254 e. The number of piperazine rings is 1. The molecule has 3 aliphatic rings. The van der Waals surface area contributed by atoms with Crippen molar-refractivity contribution in [3.8, 4) is 11.8 Å². The van der Waals surface area contributed by atoms with Crippen molar-refractivity contribution >= 4 is 11.9 Å². The SMILES string of the molecule is CCOc1cc(C(C)N2CC3(CC3)c3c(CN4CCNCC4)cc(Cn4ccnc4NC)cc3C2=O)ncc1C#N. The van der Waals surface area contributed by atoms with E-state index in [1.807, 2.05) is 38.1 Å². The zero-order valence-corrected chi connectivity index (χ0v) is 24.1. The number of pyridine rings is 1. The minimum Gasteiger partial charge on any atom is -0.492 e. The predicted molar refractivity (Wildman–Crippen MR) is 156 cm³/mol. The molecule has 0 bridgehead atoms. The molecule has 214 valence electrons. The zero-order valence-electron chi connectivity index (χ0n) is 24.1. The summed E-state index contributed by atoms with van der Waals surface area (Å²) in [6.45, 7) is 10.5. The number of benzene rings is 1. The van der Waals surface area contributed by atoms with E-state index in [0.717, 1.165) is 68.3 Å². The summed E-state index contributed by atoms with van der Waals surface area (Å²) < 4.78 is 7.80. The highest BCUT2D eigenvalue weighted by molar-refractivity contribution is 5.99. The van der Waals surface area contributed by atoms with Crippen LogP contribution in [0.15, 0.2) is 36.8 Å². The third-order valence-electron chi connectivity index (χ3n) is 8.73. The molecule has 1 aromatic carbocycles. The lowest BCUT2D eigenvalue weighted by Gasteiger charge is -2.40. The first-order chi connectivity index (χ1) is 20.0. The quantitative estimate of drug-likeness (QED) is 0.415. The average Bonchev–Trinajstić information content (AvgIpc) is 3.62. The molecule has 10 nitrogen and oxygen atoms in total. The summed E-state index contributed by atoms with van der Waals surface area (Å²) in [6, 6.07) is 8.14. The van der Waals surface area contributed by atoms with E-state index < -0.39 is 0 Å². The topological polar surface area (TPSA) is 111 Å². The highest BCUT2D eigenvalue weighted by atomic mass is 16.5. The van der Waals surface area contributed by atoms with E-state index in [4.69, 9.17) is 4.74 Å². The normalized spacial score (nSPS) is 18.6. The molecule has 2 fully saturated rings. The van der Waals surface area contributed by atoms with E-state index in [-0.39, 0.29) is 17.4 Å². The maximum absolute atomic E-state index is 14.4. The number of ether oxygens (including phenoxy) is 1. The number of carbonyl (C=O) groups is 1. The molecule has 2 N–H and O–H groups in total. The zero-order chi connectivity index (χ0) is 28.6. The number of amides is 1. The van der Waals surface area contributed by atoms with Gasteiger partial charge in [-0.15, -0.1) is 0 Å². The van der Waals surface area contributed by atoms with Crippen molar-refractivity contribution in [2.24, 2.45) is 0 Å². The van der Waals surface area contributed by atoms with Crippen LogP contribution in [0.5, 0.6) is 5.75 Å². The van der Waals surface area contributed by atoms with Gasteiger partial charge in [0.2, 0.25) is 5.95 Å². The Bertz CT molecular complexity index is 1480. The fraction of sp³-hybridized carbons (Fsp3) is 0.484. The molecule has 0 radical (unpaired) electrons. The van der Waals surface area contributed by atoms with E-state index in [0.29, 0.717) is 31.0 Å². The van der Waals surface area contributed by atoms with Gasteiger partial charge in [0.1, 0.15) is 17.4 Å². The molecule has 2 aliphatic heterocycles.